The van der Waals surface area contributed by atoms with Crippen LogP contribution in [-0.4, -0.2) is 31.1 Å². The number of hydrogen-bond donors (Lipinski definition) is 1. The zero-order chi connectivity index (χ0) is 15.4. The molecule has 0 aliphatic heterocycles. The van der Waals surface area contributed by atoms with E-state index < -0.39 is 5.97 Å². The average Bonchev–Trinajstić information content (AvgIpc) is 2.87. The Kier molecular flexibility index (Phi) is 4.54. The third-order valence-corrected chi connectivity index (χ3v) is 3.91. The Balaban J connectivity index is 2.32. The van der Waals surface area contributed by atoms with E-state index in [9.17, 15) is 9.59 Å². The van der Waals surface area contributed by atoms with Crippen LogP contribution in [0.3, 0.4) is 0 Å². The third kappa shape index (κ3) is 3.03. The number of carbonyl (C=O) groups is 2. The number of rotatable bonds is 4. The van der Waals surface area contributed by atoms with E-state index in [1.807, 2.05) is 6.92 Å². The Labute approximate surface area is 125 Å². The molecule has 7 heteroatoms. The highest BCUT2D eigenvalue weighted by atomic mass is 32.1. The monoisotopic (exact) mass is 306 g/mol. The van der Waals surface area contributed by atoms with Gasteiger partial charge in [0.05, 0.1) is 31.7 Å². The molecule has 2 heterocycles. The summed E-state index contributed by atoms with van der Waals surface area (Å²) in [5.74, 6) is -0.492. The number of methoxy groups -OCH3 is 2. The van der Waals surface area contributed by atoms with Gasteiger partial charge in [-0.15, -0.1) is 11.3 Å². The Hall–Kier alpha value is -2.41. The Morgan fingerprint density at radius 1 is 1.33 bits per heavy atom. The van der Waals surface area contributed by atoms with Gasteiger partial charge in [0.1, 0.15) is 10.6 Å². The van der Waals surface area contributed by atoms with Crippen LogP contribution in [0.15, 0.2) is 23.8 Å². The van der Waals surface area contributed by atoms with E-state index in [-0.39, 0.29) is 5.91 Å². The molecular formula is C14H14N2O4S. The van der Waals surface area contributed by atoms with Gasteiger partial charge in [0.2, 0.25) is 0 Å². The van der Waals surface area contributed by atoms with Crippen LogP contribution < -0.4 is 10.1 Å². The van der Waals surface area contributed by atoms with Crippen molar-refractivity contribution >= 4 is 28.9 Å². The highest BCUT2D eigenvalue weighted by Crippen LogP contribution is 2.29. The lowest BCUT2D eigenvalue weighted by molar-refractivity contribution is 0.0607. The van der Waals surface area contributed by atoms with E-state index in [2.05, 4.69) is 10.3 Å². The van der Waals surface area contributed by atoms with Gasteiger partial charge in [-0.1, -0.05) is 0 Å². The summed E-state index contributed by atoms with van der Waals surface area (Å²) in [7, 11) is 2.76. The molecule has 0 aliphatic carbocycles. The van der Waals surface area contributed by atoms with Gasteiger partial charge in [-0.25, -0.2) is 4.79 Å². The van der Waals surface area contributed by atoms with E-state index in [0.29, 0.717) is 21.9 Å². The Morgan fingerprint density at radius 3 is 2.76 bits per heavy atom. The lowest BCUT2D eigenvalue weighted by atomic mass is 10.2. The third-order valence-electron chi connectivity index (χ3n) is 2.83. The number of carbonyl (C=O) groups excluding carboxylic acids is 2. The molecule has 0 fully saturated rings. The van der Waals surface area contributed by atoms with Crippen LogP contribution in [0.1, 0.15) is 25.6 Å². The van der Waals surface area contributed by atoms with Crippen molar-refractivity contribution in [3.63, 3.8) is 0 Å². The smallest absolute Gasteiger partial charge is 0.350 e. The summed E-state index contributed by atoms with van der Waals surface area (Å²) in [5, 5.41) is 4.51. The maximum atomic E-state index is 12.3. The van der Waals surface area contributed by atoms with E-state index in [0.717, 1.165) is 5.56 Å². The predicted octanol–water partition coefficient (Wildman–Crippen LogP) is 2.50. The van der Waals surface area contributed by atoms with E-state index >= 15 is 0 Å². The maximum Gasteiger partial charge on any atom is 0.350 e. The number of hydrogen-bond acceptors (Lipinski definition) is 6. The average molecular weight is 306 g/mol. The van der Waals surface area contributed by atoms with Crippen molar-refractivity contribution in [3.8, 4) is 5.75 Å². The summed E-state index contributed by atoms with van der Waals surface area (Å²) in [5.41, 5.74) is 1.59. The van der Waals surface area contributed by atoms with Gasteiger partial charge < -0.3 is 14.8 Å². The number of thiophene rings is 1. The molecule has 0 saturated heterocycles. The van der Waals surface area contributed by atoms with Gasteiger partial charge >= 0.3 is 5.97 Å². The van der Waals surface area contributed by atoms with Gasteiger partial charge in [0.25, 0.3) is 5.91 Å². The maximum absolute atomic E-state index is 12.3. The number of ether oxygens (including phenoxy) is 2. The van der Waals surface area contributed by atoms with Crippen LogP contribution >= 0.6 is 11.3 Å². The number of esters is 1. The Morgan fingerprint density at radius 2 is 2.10 bits per heavy atom. The van der Waals surface area contributed by atoms with Crippen molar-refractivity contribution in [2.24, 2.45) is 0 Å². The summed E-state index contributed by atoms with van der Waals surface area (Å²) in [6, 6.07) is 1.55. The van der Waals surface area contributed by atoms with Crippen molar-refractivity contribution in [3.05, 3.63) is 39.8 Å². The fourth-order valence-corrected chi connectivity index (χ4v) is 2.68. The zero-order valence-electron chi connectivity index (χ0n) is 11.8. The molecule has 0 unspecified atom stereocenters. The number of nitrogens with zero attached hydrogens (tertiary/aromatic N) is 1. The van der Waals surface area contributed by atoms with E-state index in [1.54, 1.807) is 11.4 Å². The largest absolute Gasteiger partial charge is 0.494 e. The van der Waals surface area contributed by atoms with Crippen LogP contribution in [-0.2, 0) is 4.74 Å². The summed E-state index contributed by atoms with van der Waals surface area (Å²) in [6.07, 6.45) is 2.95. The van der Waals surface area contributed by atoms with Crippen molar-refractivity contribution < 1.29 is 19.1 Å². The molecule has 0 aromatic carbocycles. The lowest BCUT2D eigenvalue weighted by Gasteiger charge is -2.09. The lowest BCUT2D eigenvalue weighted by Crippen LogP contribution is -2.15. The first-order valence-electron chi connectivity index (χ1n) is 6.04. The van der Waals surface area contributed by atoms with Crippen molar-refractivity contribution in [1.82, 2.24) is 4.98 Å². The number of amides is 1. The van der Waals surface area contributed by atoms with Gasteiger partial charge in [-0.2, -0.15) is 0 Å². The minimum Gasteiger partial charge on any atom is -0.494 e. The normalized spacial score (nSPS) is 10.0. The van der Waals surface area contributed by atoms with Crippen molar-refractivity contribution in [2.75, 3.05) is 19.5 Å². The number of anilines is 1. The molecule has 6 nitrogen and oxygen atoms in total. The highest BCUT2D eigenvalue weighted by molar-refractivity contribution is 7.12. The quantitative estimate of drug-likeness (QED) is 0.878. The summed E-state index contributed by atoms with van der Waals surface area (Å²) >= 11 is 1.22. The SMILES string of the molecule is COC(=O)c1scc(C)c1NC(=O)c1ccncc1OC. The molecule has 0 atom stereocenters. The number of aryl methyl sites for hydroxylation is 1. The molecular weight excluding hydrogens is 292 g/mol. The van der Waals surface area contributed by atoms with Crippen LogP contribution in [0.2, 0.25) is 0 Å². The Bertz CT molecular complexity index is 681. The van der Waals surface area contributed by atoms with Gasteiger partial charge in [-0.05, 0) is 23.9 Å². The first-order chi connectivity index (χ1) is 10.1. The molecule has 110 valence electrons. The van der Waals surface area contributed by atoms with Gasteiger partial charge in [0, 0.05) is 6.20 Å². The second-order valence-electron chi connectivity index (χ2n) is 4.14. The fourth-order valence-electron chi connectivity index (χ4n) is 1.75. The molecule has 0 aliphatic rings. The molecule has 0 radical (unpaired) electrons. The molecule has 1 N–H and O–H groups in total. The minimum atomic E-state index is -0.481. The fraction of sp³-hybridized carbons (Fsp3) is 0.214. The molecule has 2 rings (SSSR count). The topological polar surface area (TPSA) is 77.5 Å². The minimum absolute atomic E-state index is 0.342. The zero-order valence-corrected chi connectivity index (χ0v) is 12.6. The molecule has 2 aromatic heterocycles. The standard InChI is InChI=1S/C14H14N2O4S/c1-8-7-21-12(14(18)20-3)11(8)16-13(17)9-4-5-15-6-10(9)19-2/h4-7H,1-3H3,(H,16,17). The molecule has 1 amide bonds. The first kappa shape index (κ1) is 15.0. The van der Waals surface area contributed by atoms with Gasteiger partial charge in [-0.3, -0.25) is 9.78 Å². The second-order valence-corrected chi connectivity index (χ2v) is 5.02. The van der Waals surface area contributed by atoms with Crippen LogP contribution in [0.5, 0.6) is 5.75 Å². The number of pyridine rings is 1. The number of nitrogens with one attached hydrogen (secondary N) is 1. The van der Waals surface area contributed by atoms with Crippen LogP contribution in [0, 0.1) is 6.92 Å². The number of aromatic nitrogens is 1. The molecule has 2 aromatic rings. The molecule has 21 heavy (non-hydrogen) atoms. The summed E-state index contributed by atoms with van der Waals surface area (Å²) < 4.78 is 9.81. The first-order valence-corrected chi connectivity index (χ1v) is 6.92. The van der Waals surface area contributed by atoms with Crippen molar-refractivity contribution in [1.29, 1.82) is 0 Å². The van der Waals surface area contributed by atoms with Gasteiger partial charge in [0.15, 0.2) is 0 Å². The van der Waals surface area contributed by atoms with E-state index in [4.69, 9.17) is 9.47 Å². The summed E-state index contributed by atoms with van der Waals surface area (Å²) in [6.45, 7) is 1.81. The second kappa shape index (κ2) is 6.36. The molecule has 0 bridgehead atoms. The predicted molar refractivity (Wildman–Crippen MR) is 79.1 cm³/mol. The molecule has 0 spiro atoms. The van der Waals surface area contributed by atoms with Crippen LogP contribution in [0.25, 0.3) is 0 Å². The van der Waals surface area contributed by atoms with Crippen LogP contribution in [0.4, 0.5) is 5.69 Å². The highest BCUT2D eigenvalue weighted by Gasteiger charge is 2.20. The molecule has 0 saturated carbocycles. The summed E-state index contributed by atoms with van der Waals surface area (Å²) in [4.78, 5) is 28.3. The van der Waals surface area contributed by atoms with E-state index in [1.165, 1.54) is 38.0 Å². The van der Waals surface area contributed by atoms with Crippen molar-refractivity contribution in [2.45, 2.75) is 6.92 Å².